The highest BCUT2D eigenvalue weighted by Crippen LogP contribution is 2.04. The Morgan fingerprint density at radius 3 is 2.00 bits per heavy atom. The summed E-state index contributed by atoms with van der Waals surface area (Å²) < 4.78 is 9.30. The van der Waals surface area contributed by atoms with Crippen molar-refractivity contribution in [1.82, 2.24) is 0 Å². The lowest BCUT2D eigenvalue weighted by Crippen LogP contribution is -2.27. The predicted octanol–water partition coefficient (Wildman–Crippen LogP) is -0.550. The molecule has 0 rings (SSSR count). The second-order valence-electron chi connectivity index (χ2n) is 3.55. The number of carbonyl (C=O) groups is 2. The molecule has 0 unspecified atom stereocenters. The molecule has 0 aromatic carbocycles. The third-order valence-corrected chi connectivity index (χ3v) is 1.70. The van der Waals surface area contributed by atoms with E-state index < -0.39 is 17.9 Å². The van der Waals surface area contributed by atoms with Crippen LogP contribution in [0, 0.1) is 0 Å². The lowest BCUT2D eigenvalue weighted by Gasteiger charge is -2.12. The number of hydrogen-bond acceptors (Lipinski definition) is 7. The molecule has 104 valence electrons. The second kappa shape index (κ2) is 8.62. The molecule has 7 nitrogen and oxygen atoms in total. The lowest BCUT2D eigenvalue weighted by molar-refractivity contribution is -0.315. The van der Waals surface area contributed by atoms with Crippen LogP contribution in [-0.2, 0) is 19.1 Å². The molecule has 0 aliphatic rings. The standard InChI is InChI=1S/C11H18O7/c1-2-7-17-9(12)4-5-10(13)18-8-3-6-11(14,15)16/h4-5,14-16H,2-3,6-8H2,1H3/b5-4+. The van der Waals surface area contributed by atoms with Gasteiger partial charge in [-0.3, -0.25) is 0 Å². The molecule has 3 N–H and O–H groups in total. The van der Waals surface area contributed by atoms with Gasteiger partial charge in [-0.2, -0.15) is 0 Å². The van der Waals surface area contributed by atoms with Gasteiger partial charge in [0, 0.05) is 18.6 Å². The SMILES string of the molecule is CCCOC(=O)/C=C/C(=O)OCCCC(O)(O)O. The molecule has 0 atom stereocenters. The smallest absolute Gasteiger partial charge is 0.331 e. The molecule has 0 bridgehead atoms. The first kappa shape index (κ1) is 16.6. The van der Waals surface area contributed by atoms with Gasteiger partial charge in [0.05, 0.1) is 13.2 Å². The molecular formula is C11H18O7. The van der Waals surface area contributed by atoms with Crippen molar-refractivity contribution in [3.8, 4) is 0 Å². The summed E-state index contributed by atoms with van der Waals surface area (Å²) >= 11 is 0. The first-order chi connectivity index (χ1) is 8.35. The Bertz CT molecular complexity index is 290. The molecule has 0 saturated carbocycles. The van der Waals surface area contributed by atoms with Crippen molar-refractivity contribution in [2.45, 2.75) is 32.2 Å². The fourth-order valence-electron chi connectivity index (χ4n) is 0.917. The zero-order valence-corrected chi connectivity index (χ0v) is 10.2. The van der Waals surface area contributed by atoms with Crippen LogP contribution in [0.15, 0.2) is 12.2 Å². The molecule has 0 aliphatic carbocycles. The summed E-state index contributed by atoms with van der Waals surface area (Å²) in [7, 11) is 0. The minimum absolute atomic E-state index is 0.0728. The zero-order chi connectivity index (χ0) is 14.0. The third kappa shape index (κ3) is 11.1. The molecule has 0 radical (unpaired) electrons. The molecule has 0 fully saturated rings. The molecule has 0 amide bonds. The minimum atomic E-state index is -2.76. The van der Waals surface area contributed by atoms with E-state index in [2.05, 4.69) is 9.47 Å². The molecule has 0 saturated heterocycles. The maximum Gasteiger partial charge on any atom is 0.331 e. The number of esters is 2. The van der Waals surface area contributed by atoms with Crippen LogP contribution in [0.3, 0.4) is 0 Å². The van der Waals surface area contributed by atoms with Crippen molar-refractivity contribution < 1.29 is 34.4 Å². The summed E-state index contributed by atoms with van der Waals surface area (Å²) in [6.45, 7) is 2.02. The van der Waals surface area contributed by atoms with Crippen LogP contribution in [0.25, 0.3) is 0 Å². The Labute approximate surface area is 105 Å². The van der Waals surface area contributed by atoms with Gasteiger partial charge in [-0.25, -0.2) is 9.59 Å². The Morgan fingerprint density at radius 1 is 1.06 bits per heavy atom. The molecule has 7 heteroatoms. The minimum Gasteiger partial charge on any atom is -0.463 e. The topological polar surface area (TPSA) is 113 Å². The average molecular weight is 262 g/mol. The van der Waals surface area contributed by atoms with Crippen molar-refractivity contribution in [1.29, 1.82) is 0 Å². The summed E-state index contributed by atoms with van der Waals surface area (Å²) in [6, 6.07) is 0. The van der Waals surface area contributed by atoms with Gasteiger partial charge < -0.3 is 24.8 Å². The summed E-state index contributed by atoms with van der Waals surface area (Å²) in [4.78, 5) is 22.0. The Hall–Kier alpha value is -1.44. The highest BCUT2D eigenvalue weighted by Gasteiger charge is 2.17. The van der Waals surface area contributed by atoms with Crippen molar-refractivity contribution >= 4 is 11.9 Å². The fourth-order valence-corrected chi connectivity index (χ4v) is 0.917. The Balaban J connectivity index is 3.71. The van der Waals surface area contributed by atoms with E-state index in [-0.39, 0.29) is 26.1 Å². The van der Waals surface area contributed by atoms with Gasteiger partial charge in [0.2, 0.25) is 0 Å². The van der Waals surface area contributed by atoms with E-state index in [0.717, 1.165) is 12.2 Å². The maximum absolute atomic E-state index is 11.0. The second-order valence-corrected chi connectivity index (χ2v) is 3.55. The van der Waals surface area contributed by atoms with Crippen LogP contribution in [0.4, 0.5) is 0 Å². The van der Waals surface area contributed by atoms with Gasteiger partial charge in [-0.15, -0.1) is 0 Å². The predicted molar refractivity (Wildman–Crippen MR) is 60.0 cm³/mol. The number of rotatable bonds is 8. The number of hydrogen-bond donors (Lipinski definition) is 3. The van der Waals surface area contributed by atoms with E-state index in [0.29, 0.717) is 6.42 Å². The van der Waals surface area contributed by atoms with E-state index in [9.17, 15) is 9.59 Å². The number of aliphatic hydroxyl groups is 3. The van der Waals surface area contributed by atoms with Gasteiger partial charge in [0.25, 0.3) is 5.97 Å². The van der Waals surface area contributed by atoms with Gasteiger partial charge in [0.15, 0.2) is 0 Å². The summed E-state index contributed by atoms with van der Waals surface area (Å²) in [5, 5.41) is 25.6. The van der Waals surface area contributed by atoms with Crippen molar-refractivity contribution in [3.05, 3.63) is 12.2 Å². The Morgan fingerprint density at radius 2 is 1.56 bits per heavy atom. The van der Waals surface area contributed by atoms with Crippen LogP contribution in [-0.4, -0.2) is 46.4 Å². The van der Waals surface area contributed by atoms with Gasteiger partial charge in [-0.05, 0) is 12.8 Å². The van der Waals surface area contributed by atoms with E-state index >= 15 is 0 Å². The van der Waals surface area contributed by atoms with Crippen LogP contribution in [0.5, 0.6) is 0 Å². The summed E-state index contributed by atoms with van der Waals surface area (Å²) in [5.74, 6) is -4.14. The van der Waals surface area contributed by atoms with Gasteiger partial charge in [-0.1, -0.05) is 6.92 Å². The van der Waals surface area contributed by atoms with Crippen LogP contribution in [0.2, 0.25) is 0 Å². The molecule has 0 aromatic rings. The lowest BCUT2D eigenvalue weighted by atomic mass is 10.3. The van der Waals surface area contributed by atoms with E-state index in [4.69, 9.17) is 15.3 Å². The average Bonchev–Trinajstić information content (AvgIpc) is 2.28. The van der Waals surface area contributed by atoms with E-state index in [1.165, 1.54) is 0 Å². The number of ether oxygens (including phenoxy) is 2. The van der Waals surface area contributed by atoms with Crippen LogP contribution < -0.4 is 0 Å². The summed E-state index contributed by atoms with van der Waals surface area (Å²) in [6.07, 6.45) is 2.29. The summed E-state index contributed by atoms with van der Waals surface area (Å²) in [5.41, 5.74) is 0. The largest absolute Gasteiger partial charge is 0.463 e. The van der Waals surface area contributed by atoms with Crippen LogP contribution >= 0.6 is 0 Å². The van der Waals surface area contributed by atoms with Crippen molar-refractivity contribution in [2.75, 3.05) is 13.2 Å². The van der Waals surface area contributed by atoms with Crippen molar-refractivity contribution in [3.63, 3.8) is 0 Å². The van der Waals surface area contributed by atoms with Crippen molar-refractivity contribution in [2.24, 2.45) is 0 Å². The highest BCUT2D eigenvalue weighted by molar-refractivity contribution is 5.91. The maximum atomic E-state index is 11.0. The van der Waals surface area contributed by atoms with Gasteiger partial charge >= 0.3 is 11.9 Å². The van der Waals surface area contributed by atoms with Crippen LogP contribution in [0.1, 0.15) is 26.2 Å². The molecule has 18 heavy (non-hydrogen) atoms. The van der Waals surface area contributed by atoms with E-state index in [1.807, 2.05) is 6.92 Å². The van der Waals surface area contributed by atoms with E-state index in [1.54, 1.807) is 0 Å². The van der Waals surface area contributed by atoms with Gasteiger partial charge in [0.1, 0.15) is 0 Å². The first-order valence-electron chi connectivity index (χ1n) is 5.54. The Kier molecular flexibility index (Phi) is 7.93. The molecule has 0 spiro atoms. The molecule has 0 heterocycles. The molecule has 0 aromatic heterocycles. The zero-order valence-electron chi connectivity index (χ0n) is 10.2. The first-order valence-corrected chi connectivity index (χ1v) is 5.54. The monoisotopic (exact) mass is 262 g/mol. The fraction of sp³-hybridized carbons (Fsp3) is 0.636. The molecule has 0 aliphatic heterocycles. The third-order valence-electron chi connectivity index (χ3n) is 1.70. The molecular weight excluding hydrogens is 244 g/mol. The highest BCUT2D eigenvalue weighted by atomic mass is 16.7. The number of carbonyl (C=O) groups excluding carboxylic acids is 2. The normalized spacial score (nSPS) is 11.6. The quantitative estimate of drug-likeness (QED) is 0.233.